The molecule has 0 bridgehead atoms. The molecule has 0 spiro atoms. The quantitative estimate of drug-likeness (QED) is 0.445. The molecule has 1 aliphatic rings. The summed E-state index contributed by atoms with van der Waals surface area (Å²) in [5, 5.41) is 11.8. The minimum atomic E-state index is -3.92. The first kappa shape index (κ1) is 22.3. The van der Waals surface area contributed by atoms with Crippen molar-refractivity contribution in [2.24, 2.45) is 0 Å². The topological polar surface area (TPSA) is 102 Å². The summed E-state index contributed by atoms with van der Waals surface area (Å²) in [4.78, 5) is 12.2. The Balaban J connectivity index is 1.81. The van der Waals surface area contributed by atoms with Gasteiger partial charge >= 0.3 is 0 Å². The van der Waals surface area contributed by atoms with Crippen molar-refractivity contribution in [3.05, 3.63) is 57.6 Å². The minimum absolute atomic E-state index is 0.104. The lowest BCUT2D eigenvalue weighted by Gasteiger charge is -2.29. The van der Waals surface area contributed by atoms with E-state index in [1.165, 1.54) is 16.4 Å². The van der Waals surface area contributed by atoms with E-state index >= 15 is 0 Å². The first-order valence-electron chi connectivity index (χ1n) is 9.25. The average Bonchev–Trinajstić information content (AvgIpc) is 2.75. The van der Waals surface area contributed by atoms with Crippen LogP contribution in [-0.4, -0.2) is 64.1 Å². The van der Waals surface area contributed by atoms with Crippen molar-refractivity contribution >= 4 is 33.0 Å². The number of ether oxygens (including phenoxy) is 2. The molecule has 9 nitrogen and oxygen atoms in total. The van der Waals surface area contributed by atoms with Crippen LogP contribution in [0.25, 0.3) is 0 Å². The molecule has 3 rings (SSSR count). The molecule has 162 valence electrons. The zero-order chi connectivity index (χ0) is 21.7. The van der Waals surface area contributed by atoms with Gasteiger partial charge in [0.1, 0.15) is 17.3 Å². The SMILES string of the molecule is CN(CCOc1ccc(Cl)cc1)c1ccc([N+](=O)[O-])cc1S(=O)(=O)N1CCOCC1. The van der Waals surface area contributed by atoms with E-state index in [2.05, 4.69) is 0 Å². The third-order valence-electron chi connectivity index (χ3n) is 4.66. The van der Waals surface area contributed by atoms with Gasteiger partial charge in [0.15, 0.2) is 0 Å². The fourth-order valence-electron chi connectivity index (χ4n) is 3.02. The summed E-state index contributed by atoms with van der Waals surface area (Å²) in [6.07, 6.45) is 0. The van der Waals surface area contributed by atoms with Crippen LogP contribution in [0.2, 0.25) is 5.02 Å². The van der Waals surface area contributed by atoms with Crippen molar-refractivity contribution in [3.63, 3.8) is 0 Å². The number of halogens is 1. The smallest absolute Gasteiger partial charge is 0.270 e. The maximum atomic E-state index is 13.2. The number of benzene rings is 2. The van der Waals surface area contributed by atoms with E-state index in [-0.39, 0.29) is 43.5 Å². The highest BCUT2D eigenvalue weighted by molar-refractivity contribution is 7.89. The molecular formula is C19H22ClN3O6S. The summed E-state index contributed by atoms with van der Waals surface area (Å²) in [6, 6.07) is 10.8. The predicted molar refractivity (Wildman–Crippen MR) is 113 cm³/mol. The lowest BCUT2D eigenvalue weighted by atomic mass is 10.2. The first-order valence-corrected chi connectivity index (χ1v) is 11.1. The number of morpholine rings is 1. The Kier molecular flexibility index (Phi) is 7.14. The van der Waals surface area contributed by atoms with E-state index in [1.54, 1.807) is 36.2 Å². The second-order valence-corrected chi connectivity index (χ2v) is 8.99. The van der Waals surface area contributed by atoms with Crippen LogP contribution >= 0.6 is 11.6 Å². The van der Waals surface area contributed by atoms with Crippen LogP contribution in [0.15, 0.2) is 47.4 Å². The second-order valence-electron chi connectivity index (χ2n) is 6.65. The molecule has 0 unspecified atom stereocenters. The lowest BCUT2D eigenvalue weighted by molar-refractivity contribution is -0.385. The maximum Gasteiger partial charge on any atom is 0.270 e. The molecule has 0 atom stereocenters. The zero-order valence-corrected chi connectivity index (χ0v) is 17.9. The molecule has 1 fully saturated rings. The first-order chi connectivity index (χ1) is 14.3. The van der Waals surface area contributed by atoms with Crippen molar-refractivity contribution in [3.8, 4) is 5.75 Å². The average molecular weight is 456 g/mol. The van der Waals surface area contributed by atoms with Crippen molar-refractivity contribution < 1.29 is 22.8 Å². The molecule has 0 aromatic heterocycles. The van der Waals surface area contributed by atoms with Gasteiger partial charge in [-0.15, -0.1) is 0 Å². The van der Waals surface area contributed by atoms with Gasteiger partial charge in [0.25, 0.3) is 5.69 Å². The number of anilines is 1. The molecule has 0 amide bonds. The standard InChI is InChI=1S/C19H22ClN3O6S/c1-21(8-13-29-17-5-2-15(20)3-6-17)18-7-4-16(23(24)25)14-19(18)30(26,27)22-9-11-28-12-10-22/h2-7,14H,8-13H2,1H3. The molecule has 30 heavy (non-hydrogen) atoms. The van der Waals surface area contributed by atoms with Gasteiger partial charge < -0.3 is 14.4 Å². The van der Waals surface area contributed by atoms with Gasteiger partial charge in [-0.25, -0.2) is 8.42 Å². The van der Waals surface area contributed by atoms with Crippen molar-refractivity contribution in [2.45, 2.75) is 4.90 Å². The number of hydrogen-bond donors (Lipinski definition) is 0. The van der Waals surface area contributed by atoms with Gasteiger partial charge in [-0.1, -0.05) is 11.6 Å². The molecule has 1 aliphatic heterocycles. The molecule has 0 aliphatic carbocycles. The Morgan fingerprint density at radius 1 is 1.20 bits per heavy atom. The van der Waals surface area contributed by atoms with Crippen LogP contribution in [0.3, 0.4) is 0 Å². The van der Waals surface area contributed by atoms with E-state index in [4.69, 9.17) is 21.1 Å². The number of rotatable bonds is 8. The molecule has 11 heteroatoms. The Morgan fingerprint density at radius 3 is 2.50 bits per heavy atom. The predicted octanol–water partition coefficient (Wildman–Crippen LogP) is 2.78. The van der Waals surface area contributed by atoms with Crippen LogP contribution in [0.5, 0.6) is 5.75 Å². The third-order valence-corrected chi connectivity index (χ3v) is 6.84. The highest BCUT2D eigenvalue weighted by Gasteiger charge is 2.31. The minimum Gasteiger partial charge on any atom is -0.492 e. The monoisotopic (exact) mass is 455 g/mol. The van der Waals surface area contributed by atoms with Crippen LogP contribution in [-0.2, 0) is 14.8 Å². The number of nitro groups is 1. The number of likely N-dealkylation sites (N-methyl/N-ethyl adjacent to an activating group) is 1. The molecule has 1 saturated heterocycles. The number of nitro benzene ring substituents is 1. The van der Waals surface area contributed by atoms with E-state index in [9.17, 15) is 18.5 Å². The maximum absolute atomic E-state index is 13.2. The summed E-state index contributed by atoms with van der Waals surface area (Å²) in [5.41, 5.74) is 0.0863. The highest BCUT2D eigenvalue weighted by atomic mass is 35.5. The third kappa shape index (κ3) is 5.20. The van der Waals surface area contributed by atoms with Crippen molar-refractivity contribution in [1.82, 2.24) is 4.31 Å². The zero-order valence-electron chi connectivity index (χ0n) is 16.4. The second kappa shape index (κ2) is 9.61. The highest BCUT2D eigenvalue weighted by Crippen LogP contribution is 2.31. The van der Waals surface area contributed by atoms with E-state index < -0.39 is 14.9 Å². The van der Waals surface area contributed by atoms with Gasteiger partial charge in [-0.05, 0) is 30.3 Å². The van der Waals surface area contributed by atoms with E-state index in [0.717, 1.165) is 6.07 Å². The van der Waals surface area contributed by atoms with E-state index in [0.29, 0.717) is 23.0 Å². The van der Waals surface area contributed by atoms with Crippen LogP contribution in [0.1, 0.15) is 0 Å². The number of hydrogen-bond acceptors (Lipinski definition) is 7. The molecule has 2 aromatic carbocycles. The Bertz CT molecular complexity index is 994. The number of sulfonamides is 1. The van der Waals surface area contributed by atoms with Gasteiger partial charge in [0.05, 0.1) is 30.4 Å². The number of nitrogens with zero attached hydrogens (tertiary/aromatic N) is 3. The summed E-state index contributed by atoms with van der Waals surface area (Å²) < 4.78 is 38.6. The van der Waals surface area contributed by atoms with Gasteiger partial charge in [0, 0.05) is 37.3 Å². The van der Waals surface area contributed by atoms with Crippen molar-refractivity contribution in [2.75, 3.05) is 51.4 Å². The van der Waals surface area contributed by atoms with Crippen molar-refractivity contribution in [1.29, 1.82) is 0 Å². The molecule has 2 aromatic rings. The van der Waals surface area contributed by atoms with E-state index in [1.807, 2.05) is 0 Å². The Morgan fingerprint density at radius 2 is 1.87 bits per heavy atom. The molecule has 0 radical (unpaired) electrons. The fraction of sp³-hybridized carbons (Fsp3) is 0.368. The lowest BCUT2D eigenvalue weighted by Crippen LogP contribution is -2.41. The summed E-state index contributed by atoms with van der Waals surface area (Å²) in [5.74, 6) is 0.637. The van der Waals surface area contributed by atoms with Gasteiger partial charge in [-0.2, -0.15) is 4.31 Å². The number of non-ortho nitro benzene ring substituents is 1. The normalized spacial score (nSPS) is 15.0. The van der Waals surface area contributed by atoms with Crippen LogP contribution in [0, 0.1) is 10.1 Å². The van der Waals surface area contributed by atoms with Crippen LogP contribution < -0.4 is 9.64 Å². The molecule has 0 saturated carbocycles. The molecule has 1 heterocycles. The summed E-state index contributed by atoms with van der Waals surface area (Å²) in [6.45, 7) is 1.63. The Labute approximate surface area is 180 Å². The largest absolute Gasteiger partial charge is 0.492 e. The van der Waals surface area contributed by atoms with Crippen LogP contribution in [0.4, 0.5) is 11.4 Å². The molecular weight excluding hydrogens is 434 g/mol. The van der Waals surface area contributed by atoms with Gasteiger partial charge in [0.2, 0.25) is 10.0 Å². The Hall–Kier alpha value is -2.40. The summed E-state index contributed by atoms with van der Waals surface area (Å²) >= 11 is 5.85. The fourth-order valence-corrected chi connectivity index (χ4v) is 4.81. The van der Waals surface area contributed by atoms with Gasteiger partial charge in [-0.3, -0.25) is 10.1 Å². The molecule has 0 N–H and O–H groups in total. The summed E-state index contributed by atoms with van der Waals surface area (Å²) in [7, 11) is -2.21.